The van der Waals surface area contributed by atoms with Gasteiger partial charge in [-0.25, -0.2) is 21.6 Å². The number of anilines is 1. The minimum atomic E-state index is -4.52. The maximum absolute atomic E-state index is 15.0. The van der Waals surface area contributed by atoms with Crippen molar-refractivity contribution >= 4 is 26.6 Å². The number of hydrogen-bond acceptors (Lipinski definition) is 8. The molecule has 1 aliphatic rings. The number of morpholine rings is 1. The Kier molecular flexibility index (Phi) is 9.00. The predicted molar refractivity (Wildman–Crippen MR) is 149 cm³/mol. The van der Waals surface area contributed by atoms with Crippen molar-refractivity contribution in [1.82, 2.24) is 9.88 Å². The lowest BCUT2D eigenvalue weighted by Gasteiger charge is -2.26. The van der Waals surface area contributed by atoms with Crippen molar-refractivity contribution in [3.8, 4) is 23.0 Å². The van der Waals surface area contributed by atoms with Gasteiger partial charge in [0.1, 0.15) is 22.3 Å². The molecule has 0 spiro atoms. The van der Waals surface area contributed by atoms with Crippen molar-refractivity contribution in [2.24, 2.45) is 0 Å². The van der Waals surface area contributed by atoms with Gasteiger partial charge in [0.05, 0.1) is 38.1 Å². The molecule has 0 aliphatic carbocycles. The van der Waals surface area contributed by atoms with E-state index in [0.29, 0.717) is 41.1 Å². The minimum absolute atomic E-state index is 0.204. The van der Waals surface area contributed by atoms with E-state index in [1.165, 1.54) is 25.4 Å². The number of nitrogens with one attached hydrogen (secondary N) is 1. The third-order valence-corrected chi connectivity index (χ3v) is 7.95. The maximum Gasteiger partial charge on any atom is 0.264 e. The molecule has 0 bridgehead atoms. The van der Waals surface area contributed by atoms with Gasteiger partial charge in [-0.2, -0.15) is 0 Å². The fourth-order valence-corrected chi connectivity index (χ4v) is 5.58. The van der Waals surface area contributed by atoms with Crippen LogP contribution in [0.1, 0.15) is 6.42 Å². The third kappa shape index (κ3) is 6.86. The van der Waals surface area contributed by atoms with Gasteiger partial charge in [0.2, 0.25) is 0 Å². The van der Waals surface area contributed by atoms with E-state index in [4.69, 9.17) is 18.9 Å². The summed E-state index contributed by atoms with van der Waals surface area (Å²) < 4.78 is 92.3. The van der Waals surface area contributed by atoms with Gasteiger partial charge in [0.15, 0.2) is 23.1 Å². The van der Waals surface area contributed by atoms with Crippen LogP contribution in [0.25, 0.3) is 10.9 Å². The van der Waals surface area contributed by atoms with Crippen LogP contribution in [0.4, 0.5) is 18.9 Å². The van der Waals surface area contributed by atoms with Crippen LogP contribution in [0.5, 0.6) is 23.0 Å². The van der Waals surface area contributed by atoms with Gasteiger partial charge in [-0.3, -0.25) is 14.6 Å². The summed E-state index contributed by atoms with van der Waals surface area (Å²) in [5.41, 5.74) is 0.318. The molecule has 1 aliphatic heterocycles. The first kappa shape index (κ1) is 29.4. The summed E-state index contributed by atoms with van der Waals surface area (Å²) in [6.07, 6.45) is 2.32. The van der Waals surface area contributed by atoms with Gasteiger partial charge in [0.25, 0.3) is 10.0 Å². The largest absolute Gasteiger partial charge is 0.493 e. The van der Waals surface area contributed by atoms with Crippen LogP contribution >= 0.6 is 0 Å². The lowest BCUT2D eigenvalue weighted by molar-refractivity contribution is 0.0357. The molecule has 3 aromatic carbocycles. The molecule has 2 heterocycles. The molecule has 0 saturated carbocycles. The number of halogens is 3. The zero-order chi connectivity index (χ0) is 29.7. The van der Waals surface area contributed by atoms with Crippen LogP contribution in [0.2, 0.25) is 0 Å². The summed E-state index contributed by atoms with van der Waals surface area (Å²) in [6, 6.07) is 10.3. The lowest BCUT2D eigenvalue weighted by atomic mass is 10.1. The predicted octanol–water partition coefficient (Wildman–Crippen LogP) is 5.35. The molecule has 0 radical (unpaired) electrons. The Bertz CT molecular complexity index is 1680. The highest BCUT2D eigenvalue weighted by molar-refractivity contribution is 7.92. The average molecular weight is 604 g/mol. The molecule has 222 valence electrons. The van der Waals surface area contributed by atoms with Gasteiger partial charge >= 0.3 is 0 Å². The highest BCUT2D eigenvalue weighted by Gasteiger charge is 2.21. The number of rotatable bonds is 11. The molecule has 1 aromatic heterocycles. The zero-order valence-corrected chi connectivity index (χ0v) is 23.4. The number of aromatic nitrogens is 1. The Labute approximate surface area is 240 Å². The van der Waals surface area contributed by atoms with E-state index in [-0.39, 0.29) is 17.2 Å². The molecule has 4 aromatic rings. The van der Waals surface area contributed by atoms with Crippen molar-refractivity contribution in [3.63, 3.8) is 0 Å². The van der Waals surface area contributed by atoms with Crippen LogP contribution < -0.4 is 18.9 Å². The number of nitrogens with zero attached hydrogens (tertiary/aromatic N) is 2. The normalized spacial score (nSPS) is 14.1. The molecular weight excluding hydrogens is 575 g/mol. The van der Waals surface area contributed by atoms with Crippen molar-refractivity contribution in [2.75, 3.05) is 51.3 Å². The summed E-state index contributed by atoms with van der Waals surface area (Å²) in [5, 5.41) is 0.528. The third-order valence-electron chi connectivity index (χ3n) is 6.55. The lowest BCUT2D eigenvalue weighted by Crippen LogP contribution is -2.37. The first-order chi connectivity index (χ1) is 20.2. The van der Waals surface area contributed by atoms with E-state index in [1.54, 1.807) is 18.2 Å². The van der Waals surface area contributed by atoms with Crippen LogP contribution in [-0.4, -0.2) is 64.9 Å². The van der Waals surface area contributed by atoms with E-state index in [0.717, 1.165) is 51.4 Å². The summed E-state index contributed by atoms with van der Waals surface area (Å²) in [6.45, 7) is 4.64. The smallest absolute Gasteiger partial charge is 0.264 e. The van der Waals surface area contributed by atoms with Crippen LogP contribution in [0, 0.1) is 17.5 Å². The van der Waals surface area contributed by atoms with E-state index in [9.17, 15) is 17.2 Å². The van der Waals surface area contributed by atoms with E-state index < -0.39 is 32.4 Å². The maximum atomic E-state index is 15.0. The van der Waals surface area contributed by atoms with Crippen molar-refractivity contribution in [2.45, 2.75) is 11.3 Å². The molecular formula is C29H28F3N3O6S. The molecule has 1 fully saturated rings. The minimum Gasteiger partial charge on any atom is -0.493 e. The molecule has 9 nitrogen and oxygen atoms in total. The second kappa shape index (κ2) is 12.8. The molecule has 13 heteroatoms. The monoisotopic (exact) mass is 603 g/mol. The molecule has 0 amide bonds. The van der Waals surface area contributed by atoms with Crippen LogP contribution in [-0.2, 0) is 14.8 Å². The summed E-state index contributed by atoms with van der Waals surface area (Å²) in [5.74, 6) is -1.96. The van der Waals surface area contributed by atoms with E-state index in [2.05, 4.69) is 9.88 Å². The molecule has 1 N–H and O–H groups in total. The fourth-order valence-electron chi connectivity index (χ4n) is 4.44. The quantitative estimate of drug-likeness (QED) is 0.229. The van der Waals surface area contributed by atoms with Gasteiger partial charge in [-0.05, 0) is 48.9 Å². The first-order valence-electron chi connectivity index (χ1n) is 13.1. The van der Waals surface area contributed by atoms with Crippen molar-refractivity contribution < 1.29 is 40.5 Å². The van der Waals surface area contributed by atoms with Crippen LogP contribution in [0.15, 0.2) is 65.7 Å². The Morgan fingerprint density at radius 1 is 0.929 bits per heavy atom. The van der Waals surface area contributed by atoms with Gasteiger partial charge < -0.3 is 18.9 Å². The van der Waals surface area contributed by atoms with Gasteiger partial charge in [-0.15, -0.1) is 0 Å². The second-order valence-electron chi connectivity index (χ2n) is 9.41. The number of benzene rings is 3. The number of ether oxygens (including phenoxy) is 4. The summed E-state index contributed by atoms with van der Waals surface area (Å²) in [4.78, 5) is 5.79. The standard InChI is InChI=1S/C29H28F3N3O6S/c1-38-27-17-21-24(18-28(27)40-12-2-9-35-10-13-39-14-11-35)33-8-7-25(21)41-26-6-4-20(16-23(26)32)34-42(36,37)29-15-19(30)3-5-22(29)31/h3-8,15-18,34H,2,9-14H2,1H3. The average Bonchev–Trinajstić information content (AvgIpc) is 2.98. The summed E-state index contributed by atoms with van der Waals surface area (Å²) >= 11 is 0. The highest BCUT2D eigenvalue weighted by atomic mass is 32.2. The highest BCUT2D eigenvalue weighted by Crippen LogP contribution is 2.38. The fraction of sp³-hybridized carbons (Fsp3) is 0.276. The first-order valence-corrected chi connectivity index (χ1v) is 14.6. The topological polar surface area (TPSA) is 99.2 Å². The Morgan fingerprint density at radius 2 is 1.74 bits per heavy atom. The van der Waals surface area contributed by atoms with Gasteiger partial charge in [-0.1, -0.05) is 0 Å². The number of pyridine rings is 1. The number of fused-ring (bicyclic) bond motifs is 1. The molecule has 1 saturated heterocycles. The second-order valence-corrected chi connectivity index (χ2v) is 11.1. The molecule has 42 heavy (non-hydrogen) atoms. The van der Waals surface area contributed by atoms with Crippen molar-refractivity contribution in [1.29, 1.82) is 0 Å². The van der Waals surface area contributed by atoms with Crippen LogP contribution in [0.3, 0.4) is 0 Å². The SMILES string of the molecule is COc1cc2c(Oc3ccc(NS(=O)(=O)c4cc(F)ccc4F)cc3F)ccnc2cc1OCCCN1CCOCC1. The summed E-state index contributed by atoms with van der Waals surface area (Å²) in [7, 11) is -3.02. The number of hydrogen-bond donors (Lipinski definition) is 1. The Balaban J connectivity index is 1.30. The molecule has 5 rings (SSSR count). The van der Waals surface area contributed by atoms with Crippen molar-refractivity contribution in [3.05, 3.63) is 78.2 Å². The van der Waals surface area contributed by atoms with E-state index in [1.807, 2.05) is 4.72 Å². The number of sulfonamides is 1. The Morgan fingerprint density at radius 3 is 2.50 bits per heavy atom. The Hall–Kier alpha value is -4.07. The van der Waals surface area contributed by atoms with E-state index >= 15 is 4.39 Å². The molecule has 0 unspecified atom stereocenters. The molecule has 0 atom stereocenters. The zero-order valence-electron chi connectivity index (χ0n) is 22.6. The van der Waals surface area contributed by atoms with Gasteiger partial charge in [0, 0.05) is 43.4 Å². The number of methoxy groups -OCH3 is 1.